The van der Waals surface area contributed by atoms with Crippen molar-refractivity contribution in [2.24, 2.45) is 11.3 Å². The fraction of sp³-hybridized carbons (Fsp3) is 0.370. The SMILES string of the molecule is CCOC(=O)c1c(N/C=C(/C#N)c2nc(-c3cccc([N+](=O)[O-])c3)cs2)sc2c1CC[C@H](C(C)(C)C)C2. The van der Waals surface area contributed by atoms with Crippen molar-refractivity contribution in [2.45, 2.75) is 47.0 Å². The Hall–Kier alpha value is -3.55. The smallest absolute Gasteiger partial charge is 0.341 e. The number of carbonyl (C=O) groups excluding carboxylic acids is 1. The number of thiazole rings is 1. The number of esters is 1. The second-order valence-electron chi connectivity index (χ2n) is 9.89. The molecule has 1 aliphatic carbocycles. The predicted octanol–water partition coefficient (Wildman–Crippen LogP) is 7.08. The fourth-order valence-corrected chi connectivity index (χ4v) is 6.51. The molecular weight excluding hydrogens is 508 g/mol. The van der Waals surface area contributed by atoms with Crippen LogP contribution in [0, 0.1) is 32.8 Å². The molecule has 1 N–H and O–H groups in total. The molecular formula is C27H28N4O4S2. The molecule has 0 radical (unpaired) electrons. The van der Waals surface area contributed by atoms with E-state index in [1.807, 2.05) is 0 Å². The zero-order valence-corrected chi connectivity index (χ0v) is 22.8. The van der Waals surface area contributed by atoms with Crippen LogP contribution in [0.4, 0.5) is 10.7 Å². The van der Waals surface area contributed by atoms with Crippen LogP contribution in [-0.4, -0.2) is 22.5 Å². The van der Waals surface area contributed by atoms with Crippen molar-refractivity contribution < 1.29 is 14.5 Å². The molecule has 192 valence electrons. The van der Waals surface area contributed by atoms with Gasteiger partial charge in [0.15, 0.2) is 0 Å². The van der Waals surface area contributed by atoms with E-state index in [4.69, 9.17) is 4.74 Å². The molecule has 8 nitrogen and oxygen atoms in total. The minimum Gasteiger partial charge on any atom is -0.462 e. The van der Waals surface area contributed by atoms with E-state index in [1.165, 1.54) is 28.3 Å². The molecule has 10 heteroatoms. The number of non-ortho nitro benzene ring substituents is 1. The second kappa shape index (κ2) is 10.8. The van der Waals surface area contributed by atoms with Crippen molar-refractivity contribution >= 4 is 44.9 Å². The van der Waals surface area contributed by atoms with Crippen LogP contribution < -0.4 is 5.32 Å². The number of nitro benzene ring substituents is 1. The van der Waals surface area contributed by atoms with Crippen LogP contribution in [0.2, 0.25) is 0 Å². The first kappa shape index (κ1) is 26.5. The van der Waals surface area contributed by atoms with Gasteiger partial charge in [-0.25, -0.2) is 9.78 Å². The molecule has 0 aliphatic heterocycles. The summed E-state index contributed by atoms with van der Waals surface area (Å²) in [5, 5.41) is 27.1. The molecule has 0 fully saturated rings. The standard InChI is InChI=1S/C27H28N4O4S2/c1-5-35-26(32)23-20-10-9-18(27(2,3)4)12-22(20)37-25(23)29-14-17(13-28)24-30-21(15-36-24)16-7-6-8-19(11-16)31(33)34/h6-8,11,14-15,18,29H,5,9-10,12H2,1-4H3/b17-14-/t18-/m0/s1. The number of hydrogen-bond acceptors (Lipinski definition) is 9. The topological polar surface area (TPSA) is 118 Å². The molecule has 2 heterocycles. The van der Waals surface area contributed by atoms with E-state index < -0.39 is 4.92 Å². The van der Waals surface area contributed by atoms with E-state index in [9.17, 15) is 20.2 Å². The van der Waals surface area contributed by atoms with Crippen LogP contribution in [0.1, 0.15) is 59.9 Å². The molecule has 0 amide bonds. The van der Waals surface area contributed by atoms with E-state index >= 15 is 0 Å². The minimum atomic E-state index is -0.452. The summed E-state index contributed by atoms with van der Waals surface area (Å²) in [5.74, 6) is 0.167. The van der Waals surface area contributed by atoms with Crippen molar-refractivity contribution in [1.29, 1.82) is 5.26 Å². The Bertz CT molecular complexity index is 1410. The van der Waals surface area contributed by atoms with Gasteiger partial charge in [0.25, 0.3) is 5.69 Å². The third-order valence-corrected chi connectivity index (χ3v) is 8.59. The summed E-state index contributed by atoms with van der Waals surface area (Å²) in [4.78, 5) is 29.3. The number of nitriles is 1. The molecule has 37 heavy (non-hydrogen) atoms. The normalized spacial score (nSPS) is 15.5. The third kappa shape index (κ3) is 5.73. The van der Waals surface area contributed by atoms with Gasteiger partial charge in [0, 0.05) is 34.2 Å². The monoisotopic (exact) mass is 536 g/mol. The number of thiophene rings is 1. The number of anilines is 1. The summed E-state index contributed by atoms with van der Waals surface area (Å²) < 4.78 is 5.37. The summed E-state index contributed by atoms with van der Waals surface area (Å²) in [6.07, 6.45) is 4.30. The Balaban J connectivity index is 1.63. The number of nitrogens with one attached hydrogen (secondary N) is 1. The number of hydrogen-bond donors (Lipinski definition) is 1. The molecule has 0 saturated carbocycles. The molecule has 0 bridgehead atoms. The molecule has 2 aromatic heterocycles. The highest BCUT2D eigenvalue weighted by molar-refractivity contribution is 7.16. The van der Waals surface area contributed by atoms with Crippen molar-refractivity contribution in [1.82, 2.24) is 4.98 Å². The van der Waals surface area contributed by atoms with Gasteiger partial charge in [0.2, 0.25) is 0 Å². The highest BCUT2D eigenvalue weighted by Gasteiger charge is 2.34. The summed E-state index contributed by atoms with van der Waals surface area (Å²) in [7, 11) is 0. The van der Waals surface area contributed by atoms with Gasteiger partial charge in [-0.2, -0.15) is 5.26 Å². The van der Waals surface area contributed by atoms with Gasteiger partial charge in [-0.15, -0.1) is 22.7 Å². The molecule has 0 unspecified atom stereocenters. The van der Waals surface area contributed by atoms with Gasteiger partial charge in [-0.1, -0.05) is 32.9 Å². The van der Waals surface area contributed by atoms with Crippen molar-refractivity contribution in [3.8, 4) is 17.3 Å². The number of benzene rings is 1. The van der Waals surface area contributed by atoms with E-state index in [1.54, 1.807) is 42.0 Å². The highest BCUT2D eigenvalue weighted by atomic mass is 32.1. The first-order valence-electron chi connectivity index (χ1n) is 12.0. The van der Waals surface area contributed by atoms with Crippen molar-refractivity contribution in [2.75, 3.05) is 11.9 Å². The van der Waals surface area contributed by atoms with Crippen LogP contribution >= 0.6 is 22.7 Å². The molecule has 4 rings (SSSR count). The molecule has 0 spiro atoms. The first-order chi connectivity index (χ1) is 17.6. The number of ether oxygens (including phenoxy) is 1. The van der Waals surface area contributed by atoms with Crippen molar-refractivity contribution in [3.63, 3.8) is 0 Å². The van der Waals surface area contributed by atoms with Crippen LogP contribution in [0.3, 0.4) is 0 Å². The lowest BCUT2D eigenvalue weighted by atomic mass is 9.72. The van der Waals surface area contributed by atoms with Crippen LogP contribution in [0.15, 0.2) is 35.8 Å². The maximum absolute atomic E-state index is 12.9. The minimum absolute atomic E-state index is 0.0216. The summed E-state index contributed by atoms with van der Waals surface area (Å²) in [6, 6.07) is 8.40. The first-order valence-corrected chi connectivity index (χ1v) is 13.7. The molecule has 3 aromatic rings. The quantitative estimate of drug-likeness (QED) is 0.148. The second-order valence-corrected chi connectivity index (χ2v) is 11.9. The van der Waals surface area contributed by atoms with Gasteiger partial charge >= 0.3 is 5.97 Å². The van der Waals surface area contributed by atoms with E-state index in [0.29, 0.717) is 38.3 Å². The average molecular weight is 537 g/mol. The maximum Gasteiger partial charge on any atom is 0.341 e. The third-order valence-electron chi connectivity index (χ3n) is 6.52. The van der Waals surface area contributed by atoms with Gasteiger partial charge in [-0.05, 0) is 43.1 Å². The zero-order valence-electron chi connectivity index (χ0n) is 21.2. The Morgan fingerprint density at radius 1 is 1.41 bits per heavy atom. The Morgan fingerprint density at radius 3 is 2.86 bits per heavy atom. The molecule has 1 atom stereocenters. The Kier molecular flexibility index (Phi) is 7.76. The lowest BCUT2D eigenvalue weighted by Crippen LogP contribution is -2.26. The van der Waals surface area contributed by atoms with E-state index in [0.717, 1.165) is 24.8 Å². The Labute approximate surface area is 223 Å². The lowest BCUT2D eigenvalue weighted by Gasteiger charge is -2.33. The van der Waals surface area contributed by atoms with Crippen LogP contribution in [0.25, 0.3) is 16.8 Å². The van der Waals surface area contributed by atoms with E-state index in [-0.39, 0.29) is 23.7 Å². The van der Waals surface area contributed by atoms with Gasteiger partial charge in [0.05, 0.1) is 22.8 Å². The average Bonchev–Trinajstić information content (AvgIpc) is 3.49. The van der Waals surface area contributed by atoms with Gasteiger partial charge in [0.1, 0.15) is 21.7 Å². The van der Waals surface area contributed by atoms with Crippen LogP contribution in [-0.2, 0) is 17.6 Å². The van der Waals surface area contributed by atoms with Crippen molar-refractivity contribution in [3.05, 3.63) is 67.0 Å². The highest BCUT2D eigenvalue weighted by Crippen LogP contribution is 2.44. The van der Waals surface area contributed by atoms with E-state index in [2.05, 4.69) is 37.1 Å². The number of rotatable bonds is 7. The number of nitrogens with zero attached hydrogens (tertiary/aromatic N) is 3. The van der Waals surface area contributed by atoms with Gasteiger partial charge in [-0.3, -0.25) is 10.1 Å². The lowest BCUT2D eigenvalue weighted by molar-refractivity contribution is -0.384. The number of carbonyl (C=O) groups is 1. The predicted molar refractivity (Wildman–Crippen MR) is 147 cm³/mol. The molecule has 0 saturated heterocycles. The van der Waals surface area contributed by atoms with Gasteiger partial charge < -0.3 is 10.1 Å². The zero-order chi connectivity index (χ0) is 26.7. The fourth-order valence-electron chi connectivity index (χ4n) is 4.43. The summed E-state index contributed by atoms with van der Waals surface area (Å²) >= 11 is 2.82. The van der Waals surface area contributed by atoms with Crippen LogP contribution in [0.5, 0.6) is 0 Å². The summed E-state index contributed by atoms with van der Waals surface area (Å²) in [5.41, 5.74) is 3.21. The number of nitro groups is 1. The number of fused-ring (bicyclic) bond motifs is 1. The largest absolute Gasteiger partial charge is 0.462 e. The number of aromatic nitrogens is 1. The molecule has 1 aliphatic rings. The Morgan fingerprint density at radius 2 is 2.19 bits per heavy atom. The number of allylic oxidation sites excluding steroid dienone is 1. The summed E-state index contributed by atoms with van der Waals surface area (Å²) in [6.45, 7) is 8.82. The maximum atomic E-state index is 12.9. The molecule has 1 aromatic carbocycles.